The van der Waals surface area contributed by atoms with Crippen molar-refractivity contribution in [2.45, 2.75) is 77.5 Å². The fourth-order valence-corrected chi connectivity index (χ4v) is 3.09. The van der Waals surface area contributed by atoms with Gasteiger partial charge in [-0.05, 0) is 57.9 Å². The molecule has 0 aromatic carbocycles. The molecule has 0 saturated heterocycles. The van der Waals surface area contributed by atoms with E-state index in [-0.39, 0.29) is 10.8 Å². The highest BCUT2D eigenvalue weighted by molar-refractivity contribution is 6.23. The van der Waals surface area contributed by atoms with E-state index in [0.717, 1.165) is 37.2 Å². The molecule has 0 amide bonds. The molecule has 0 fully saturated rings. The van der Waals surface area contributed by atoms with Crippen molar-refractivity contribution in [3.63, 3.8) is 0 Å². The number of halogens is 1. The second kappa shape index (κ2) is 9.39. The van der Waals surface area contributed by atoms with Crippen LogP contribution in [0.25, 0.3) is 0 Å². The lowest BCUT2D eigenvalue weighted by atomic mass is 9.90. The van der Waals surface area contributed by atoms with Gasteiger partial charge in [0.2, 0.25) is 0 Å². The molecule has 1 aliphatic carbocycles. The van der Waals surface area contributed by atoms with Crippen molar-refractivity contribution in [1.29, 1.82) is 0 Å². The molecule has 1 unspecified atom stereocenters. The van der Waals surface area contributed by atoms with Gasteiger partial charge in [0, 0.05) is 11.0 Å². The van der Waals surface area contributed by atoms with Gasteiger partial charge in [0.1, 0.15) is 0 Å². The van der Waals surface area contributed by atoms with E-state index in [9.17, 15) is 4.79 Å². The Morgan fingerprint density at radius 3 is 2.73 bits per heavy atom. The molecule has 126 valence electrons. The number of alkyl halides is 1. The second-order valence-corrected chi connectivity index (χ2v) is 7.89. The normalized spacial score (nSPS) is 18.4. The summed E-state index contributed by atoms with van der Waals surface area (Å²) in [5.41, 5.74) is 2.60. The van der Waals surface area contributed by atoms with Crippen molar-refractivity contribution in [2.24, 2.45) is 5.92 Å². The Bertz CT molecular complexity index is 416. The van der Waals surface area contributed by atoms with Gasteiger partial charge < -0.3 is 4.74 Å². The predicted molar refractivity (Wildman–Crippen MR) is 94.2 cm³/mol. The SMILES string of the molecule is CCOC(=O)C=C1C=C(CC(CC)CCCC(C)(C)Cl)CC1. The molecule has 3 heteroatoms. The van der Waals surface area contributed by atoms with Crippen molar-refractivity contribution in [3.8, 4) is 0 Å². The van der Waals surface area contributed by atoms with Crippen LogP contribution in [0.3, 0.4) is 0 Å². The molecule has 0 saturated carbocycles. The minimum atomic E-state index is -0.216. The van der Waals surface area contributed by atoms with E-state index in [4.69, 9.17) is 16.3 Å². The number of hydrogen-bond acceptors (Lipinski definition) is 2. The Hall–Kier alpha value is -0.760. The van der Waals surface area contributed by atoms with E-state index in [1.807, 2.05) is 6.92 Å². The molecule has 0 aliphatic heterocycles. The van der Waals surface area contributed by atoms with Gasteiger partial charge >= 0.3 is 5.97 Å². The van der Waals surface area contributed by atoms with Gasteiger partial charge in [0.05, 0.1) is 6.61 Å². The first-order valence-corrected chi connectivity index (χ1v) is 8.97. The maximum absolute atomic E-state index is 11.5. The monoisotopic (exact) mass is 326 g/mol. The van der Waals surface area contributed by atoms with Crippen LogP contribution in [0, 0.1) is 5.92 Å². The maximum atomic E-state index is 11.5. The summed E-state index contributed by atoms with van der Waals surface area (Å²) in [5.74, 6) is 0.513. The van der Waals surface area contributed by atoms with Crippen molar-refractivity contribution in [3.05, 3.63) is 23.3 Å². The van der Waals surface area contributed by atoms with Crippen LogP contribution in [-0.4, -0.2) is 17.5 Å². The summed E-state index contributed by atoms with van der Waals surface area (Å²) in [6, 6.07) is 0. The van der Waals surface area contributed by atoms with Crippen LogP contribution in [-0.2, 0) is 9.53 Å². The molecule has 1 rings (SSSR count). The smallest absolute Gasteiger partial charge is 0.331 e. The zero-order valence-electron chi connectivity index (χ0n) is 14.6. The highest BCUT2D eigenvalue weighted by Crippen LogP contribution is 2.32. The van der Waals surface area contributed by atoms with E-state index in [2.05, 4.69) is 26.8 Å². The molecule has 0 radical (unpaired) electrons. The fourth-order valence-electron chi connectivity index (χ4n) is 2.95. The summed E-state index contributed by atoms with van der Waals surface area (Å²) in [6.07, 6.45) is 11.8. The number of carbonyl (C=O) groups excluding carboxylic acids is 1. The lowest BCUT2D eigenvalue weighted by Crippen LogP contribution is -2.10. The molecule has 0 N–H and O–H groups in total. The van der Waals surface area contributed by atoms with Crippen LogP contribution < -0.4 is 0 Å². The molecule has 0 aromatic heterocycles. The predicted octanol–water partition coefficient (Wildman–Crippen LogP) is 5.80. The molecule has 22 heavy (non-hydrogen) atoms. The van der Waals surface area contributed by atoms with Gasteiger partial charge in [-0.1, -0.05) is 37.8 Å². The fraction of sp³-hybridized carbons (Fsp3) is 0.737. The molecule has 0 heterocycles. The van der Waals surface area contributed by atoms with E-state index in [1.165, 1.54) is 24.8 Å². The maximum Gasteiger partial charge on any atom is 0.331 e. The first-order chi connectivity index (χ1) is 10.3. The third kappa shape index (κ3) is 8.03. The number of rotatable bonds is 9. The third-order valence-electron chi connectivity index (χ3n) is 4.23. The third-order valence-corrected chi connectivity index (χ3v) is 4.41. The highest BCUT2D eigenvalue weighted by atomic mass is 35.5. The lowest BCUT2D eigenvalue weighted by Gasteiger charge is -2.19. The Kier molecular flexibility index (Phi) is 8.24. The summed E-state index contributed by atoms with van der Waals surface area (Å²) in [5, 5.41) is 0. The largest absolute Gasteiger partial charge is 0.463 e. The minimum Gasteiger partial charge on any atom is -0.463 e. The first kappa shape index (κ1) is 19.3. The van der Waals surface area contributed by atoms with Crippen LogP contribution in [0.1, 0.15) is 72.6 Å². The number of ether oxygens (including phenoxy) is 1. The van der Waals surface area contributed by atoms with Crippen LogP contribution in [0.5, 0.6) is 0 Å². The van der Waals surface area contributed by atoms with Gasteiger partial charge in [-0.25, -0.2) is 4.79 Å². The zero-order valence-corrected chi connectivity index (χ0v) is 15.3. The number of allylic oxidation sites excluding steroid dienone is 3. The average Bonchev–Trinajstić information content (AvgIpc) is 2.83. The van der Waals surface area contributed by atoms with Crippen LogP contribution >= 0.6 is 11.6 Å². The summed E-state index contributed by atoms with van der Waals surface area (Å²) in [4.78, 5) is 11.4. The van der Waals surface area contributed by atoms with Gasteiger partial charge in [0.15, 0.2) is 0 Å². The second-order valence-electron chi connectivity index (χ2n) is 6.86. The topological polar surface area (TPSA) is 26.3 Å². The molecular formula is C19H31ClO2. The summed E-state index contributed by atoms with van der Waals surface area (Å²) >= 11 is 6.26. The van der Waals surface area contributed by atoms with E-state index in [1.54, 1.807) is 6.08 Å². The van der Waals surface area contributed by atoms with E-state index < -0.39 is 0 Å². The molecule has 1 atom stereocenters. The standard InChI is InChI=1S/C19H31ClO2/c1-5-15(8-7-11-19(3,4)20)12-16-9-10-17(13-16)14-18(21)22-6-2/h13-15H,5-12H2,1-4H3. The number of esters is 1. The van der Waals surface area contributed by atoms with Gasteiger partial charge in [0.25, 0.3) is 0 Å². The number of carbonyl (C=O) groups is 1. The first-order valence-electron chi connectivity index (χ1n) is 8.59. The van der Waals surface area contributed by atoms with Crippen LogP contribution in [0.15, 0.2) is 23.3 Å². The van der Waals surface area contributed by atoms with Gasteiger partial charge in [-0.2, -0.15) is 0 Å². The van der Waals surface area contributed by atoms with Crippen molar-refractivity contribution in [2.75, 3.05) is 6.61 Å². The summed E-state index contributed by atoms with van der Waals surface area (Å²) < 4.78 is 4.97. The molecule has 0 bridgehead atoms. The van der Waals surface area contributed by atoms with E-state index >= 15 is 0 Å². The Morgan fingerprint density at radius 1 is 1.41 bits per heavy atom. The number of hydrogen-bond donors (Lipinski definition) is 0. The zero-order chi connectivity index (χ0) is 16.6. The van der Waals surface area contributed by atoms with E-state index in [0.29, 0.717) is 6.61 Å². The quantitative estimate of drug-likeness (QED) is 0.304. The molecule has 1 aliphatic rings. The molecular weight excluding hydrogens is 296 g/mol. The highest BCUT2D eigenvalue weighted by Gasteiger charge is 2.17. The molecule has 2 nitrogen and oxygen atoms in total. The average molecular weight is 327 g/mol. The van der Waals surface area contributed by atoms with Gasteiger partial charge in [-0.15, -0.1) is 11.6 Å². The lowest BCUT2D eigenvalue weighted by molar-refractivity contribution is -0.137. The van der Waals surface area contributed by atoms with Crippen LogP contribution in [0.4, 0.5) is 0 Å². The summed E-state index contributed by atoms with van der Waals surface area (Å²) in [7, 11) is 0. The Morgan fingerprint density at radius 2 is 2.14 bits per heavy atom. The molecule has 0 aromatic rings. The van der Waals surface area contributed by atoms with Crippen molar-refractivity contribution < 1.29 is 9.53 Å². The van der Waals surface area contributed by atoms with Crippen molar-refractivity contribution >= 4 is 17.6 Å². The molecule has 0 spiro atoms. The minimum absolute atomic E-state index is 0.0829. The summed E-state index contributed by atoms with van der Waals surface area (Å²) in [6.45, 7) is 8.71. The van der Waals surface area contributed by atoms with Crippen molar-refractivity contribution in [1.82, 2.24) is 0 Å². The van der Waals surface area contributed by atoms with Gasteiger partial charge in [-0.3, -0.25) is 0 Å². The van der Waals surface area contributed by atoms with Crippen LogP contribution in [0.2, 0.25) is 0 Å². The Balaban J connectivity index is 2.45. The Labute approximate surface area is 141 Å².